The maximum Gasteiger partial charge on any atom is 0.321 e. The third-order valence-corrected chi connectivity index (χ3v) is 5.39. The fourth-order valence-electron chi connectivity index (χ4n) is 3.57. The molecule has 1 saturated heterocycles. The fourth-order valence-corrected chi connectivity index (χ4v) is 3.57. The van der Waals surface area contributed by atoms with Crippen molar-refractivity contribution in [2.45, 2.75) is 0 Å². The number of piperazine rings is 1. The molecular weight excluding hydrogens is 432 g/mol. The number of methoxy groups -OCH3 is 2. The van der Waals surface area contributed by atoms with Crippen LogP contribution in [-0.2, 0) is 0 Å². The molecule has 1 aromatic heterocycles. The molecule has 0 unspecified atom stereocenters. The lowest BCUT2D eigenvalue weighted by molar-refractivity contribution is 0.208. The van der Waals surface area contributed by atoms with Gasteiger partial charge in [-0.25, -0.2) is 13.6 Å². The first-order valence-electron chi connectivity index (χ1n) is 10.3. The van der Waals surface area contributed by atoms with Gasteiger partial charge in [0.15, 0.2) is 17.5 Å². The molecule has 1 fully saturated rings. The van der Waals surface area contributed by atoms with Gasteiger partial charge in [-0.3, -0.25) is 0 Å². The first kappa shape index (κ1) is 22.3. The summed E-state index contributed by atoms with van der Waals surface area (Å²) in [6.45, 7) is 2.01. The summed E-state index contributed by atoms with van der Waals surface area (Å²) in [6.07, 6.45) is 0. The van der Waals surface area contributed by atoms with Crippen molar-refractivity contribution < 1.29 is 23.0 Å². The lowest BCUT2D eigenvalue weighted by Crippen LogP contribution is -2.50. The highest BCUT2D eigenvalue weighted by atomic mass is 19.2. The average molecular weight is 455 g/mol. The standard InChI is InChI=1S/C23H23F2N5O3/c1-32-16-4-7-21(33-2)17(14-16)20-6-8-22(28-27-20)29-9-11-30(12-10-29)23(31)26-15-3-5-18(24)19(25)13-15/h3-8,13-14H,9-12H2,1-2H3,(H,26,31). The van der Waals surface area contributed by atoms with Crippen LogP contribution in [0.4, 0.5) is 25.1 Å². The minimum Gasteiger partial charge on any atom is -0.497 e. The number of urea groups is 1. The molecule has 0 atom stereocenters. The van der Waals surface area contributed by atoms with Crippen LogP contribution in [0.1, 0.15) is 0 Å². The number of anilines is 2. The fraction of sp³-hybridized carbons (Fsp3) is 0.261. The van der Waals surface area contributed by atoms with Crippen LogP contribution in [-0.4, -0.2) is 61.5 Å². The molecule has 1 aliphatic rings. The van der Waals surface area contributed by atoms with Gasteiger partial charge >= 0.3 is 6.03 Å². The predicted octanol–water partition coefficient (Wildman–Crippen LogP) is 3.79. The second kappa shape index (κ2) is 9.68. The molecule has 0 bridgehead atoms. The first-order valence-corrected chi connectivity index (χ1v) is 10.3. The van der Waals surface area contributed by atoms with Crippen LogP contribution in [0.5, 0.6) is 11.5 Å². The molecule has 0 radical (unpaired) electrons. The third-order valence-electron chi connectivity index (χ3n) is 5.39. The lowest BCUT2D eigenvalue weighted by atomic mass is 10.1. The van der Waals surface area contributed by atoms with Gasteiger partial charge in [-0.15, -0.1) is 10.2 Å². The van der Waals surface area contributed by atoms with Gasteiger partial charge in [0.25, 0.3) is 0 Å². The van der Waals surface area contributed by atoms with Crippen molar-refractivity contribution in [3.8, 4) is 22.8 Å². The van der Waals surface area contributed by atoms with Crippen LogP contribution in [0.2, 0.25) is 0 Å². The zero-order valence-corrected chi connectivity index (χ0v) is 18.2. The Balaban J connectivity index is 1.38. The number of hydrogen-bond acceptors (Lipinski definition) is 6. The molecule has 0 spiro atoms. The summed E-state index contributed by atoms with van der Waals surface area (Å²) in [5.41, 5.74) is 1.63. The molecule has 4 rings (SSSR count). The van der Waals surface area contributed by atoms with Crippen molar-refractivity contribution in [3.05, 3.63) is 60.2 Å². The zero-order valence-electron chi connectivity index (χ0n) is 18.2. The summed E-state index contributed by atoms with van der Waals surface area (Å²) in [5.74, 6) is 0.0824. The van der Waals surface area contributed by atoms with Crippen molar-refractivity contribution >= 4 is 17.5 Å². The summed E-state index contributed by atoms with van der Waals surface area (Å²) in [5, 5.41) is 11.3. The normalized spacial score (nSPS) is 13.6. The molecule has 3 aromatic rings. The molecule has 172 valence electrons. The summed E-state index contributed by atoms with van der Waals surface area (Å²) in [7, 11) is 3.19. The number of hydrogen-bond donors (Lipinski definition) is 1. The van der Waals surface area contributed by atoms with Crippen molar-refractivity contribution in [1.82, 2.24) is 15.1 Å². The van der Waals surface area contributed by atoms with Gasteiger partial charge in [-0.1, -0.05) is 0 Å². The molecule has 0 saturated carbocycles. The van der Waals surface area contributed by atoms with E-state index < -0.39 is 11.6 Å². The van der Waals surface area contributed by atoms with Crippen LogP contribution in [0, 0.1) is 11.6 Å². The number of benzene rings is 2. The van der Waals surface area contributed by atoms with E-state index in [1.807, 2.05) is 35.2 Å². The molecule has 0 aliphatic carbocycles. The highest BCUT2D eigenvalue weighted by molar-refractivity contribution is 5.89. The monoisotopic (exact) mass is 455 g/mol. The van der Waals surface area contributed by atoms with Crippen molar-refractivity contribution in [3.63, 3.8) is 0 Å². The molecule has 2 heterocycles. The summed E-state index contributed by atoms with van der Waals surface area (Å²) >= 11 is 0. The molecule has 8 nitrogen and oxygen atoms in total. The van der Waals surface area contributed by atoms with E-state index >= 15 is 0 Å². The largest absolute Gasteiger partial charge is 0.497 e. The van der Waals surface area contributed by atoms with Crippen LogP contribution in [0.3, 0.4) is 0 Å². The van der Waals surface area contributed by atoms with Crippen LogP contribution >= 0.6 is 0 Å². The highest BCUT2D eigenvalue weighted by Gasteiger charge is 2.23. The quantitative estimate of drug-likeness (QED) is 0.631. The highest BCUT2D eigenvalue weighted by Crippen LogP contribution is 2.32. The average Bonchev–Trinajstić information content (AvgIpc) is 2.86. The minimum atomic E-state index is -1.01. The molecule has 1 aliphatic heterocycles. The maximum atomic E-state index is 13.4. The molecule has 2 aromatic carbocycles. The molecule has 33 heavy (non-hydrogen) atoms. The Morgan fingerprint density at radius 3 is 2.33 bits per heavy atom. The van der Waals surface area contributed by atoms with Gasteiger partial charge in [0.1, 0.15) is 11.5 Å². The van der Waals surface area contributed by atoms with E-state index in [0.717, 1.165) is 17.7 Å². The van der Waals surface area contributed by atoms with E-state index in [9.17, 15) is 13.6 Å². The van der Waals surface area contributed by atoms with E-state index in [4.69, 9.17) is 9.47 Å². The SMILES string of the molecule is COc1ccc(OC)c(-c2ccc(N3CCN(C(=O)Nc4ccc(F)c(F)c4)CC3)nn2)c1. The van der Waals surface area contributed by atoms with Crippen molar-refractivity contribution in [2.24, 2.45) is 0 Å². The summed E-state index contributed by atoms with van der Waals surface area (Å²) in [6, 6.07) is 12.1. The van der Waals surface area contributed by atoms with E-state index in [-0.39, 0.29) is 11.7 Å². The topological polar surface area (TPSA) is 79.8 Å². The number of nitrogens with zero attached hydrogens (tertiary/aromatic N) is 4. The Morgan fingerprint density at radius 2 is 1.70 bits per heavy atom. The van der Waals surface area contributed by atoms with Gasteiger partial charge < -0.3 is 24.6 Å². The molecular formula is C23H23F2N5O3. The predicted molar refractivity (Wildman–Crippen MR) is 120 cm³/mol. The smallest absolute Gasteiger partial charge is 0.321 e. The molecule has 10 heteroatoms. The van der Waals surface area contributed by atoms with Gasteiger partial charge in [-0.05, 0) is 42.5 Å². The Kier molecular flexibility index (Phi) is 6.53. The Morgan fingerprint density at radius 1 is 0.909 bits per heavy atom. The van der Waals surface area contributed by atoms with E-state index in [1.54, 1.807) is 19.1 Å². The number of rotatable bonds is 5. The minimum absolute atomic E-state index is 0.204. The van der Waals surface area contributed by atoms with Crippen LogP contribution < -0.4 is 19.7 Å². The number of halogens is 2. The lowest BCUT2D eigenvalue weighted by Gasteiger charge is -2.35. The Labute approximate surface area is 189 Å². The number of ether oxygens (including phenoxy) is 2. The number of carbonyl (C=O) groups is 1. The molecule has 1 N–H and O–H groups in total. The first-order chi connectivity index (χ1) is 16.0. The number of carbonyl (C=O) groups excluding carboxylic acids is 1. The molecule has 2 amide bonds. The summed E-state index contributed by atoms with van der Waals surface area (Å²) < 4.78 is 37.1. The maximum absolute atomic E-state index is 13.4. The van der Waals surface area contributed by atoms with Gasteiger partial charge in [0.2, 0.25) is 0 Å². The van der Waals surface area contributed by atoms with Gasteiger partial charge in [0, 0.05) is 43.5 Å². The van der Waals surface area contributed by atoms with Crippen molar-refractivity contribution in [2.75, 3.05) is 50.6 Å². The second-order valence-electron chi connectivity index (χ2n) is 7.38. The van der Waals surface area contributed by atoms with Crippen LogP contribution in [0.15, 0.2) is 48.5 Å². The van der Waals surface area contributed by atoms with Crippen molar-refractivity contribution in [1.29, 1.82) is 0 Å². The van der Waals surface area contributed by atoms with Crippen LogP contribution in [0.25, 0.3) is 11.3 Å². The number of nitrogens with one attached hydrogen (secondary N) is 1. The third kappa shape index (κ3) is 4.94. The van der Waals surface area contributed by atoms with E-state index in [2.05, 4.69) is 15.5 Å². The van der Waals surface area contributed by atoms with E-state index in [1.165, 1.54) is 6.07 Å². The van der Waals surface area contributed by atoms with Gasteiger partial charge in [-0.2, -0.15) is 0 Å². The number of amides is 2. The van der Waals surface area contributed by atoms with Gasteiger partial charge in [0.05, 0.1) is 19.9 Å². The second-order valence-corrected chi connectivity index (χ2v) is 7.38. The van der Waals surface area contributed by atoms with E-state index in [0.29, 0.717) is 49.2 Å². The Bertz CT molecular complexity index is 1140. The number of aromatic nitrogens is 2. The Hall–Kier alpha value is -3.95. The zero-order chi connectivity index (χ0) is 23.4. The summed E-state index contributed by atoms with van der Waals surface area (Å²) in [4.78, 5) is 16.1.